The maximum atomic E-state index is 14.6. The SMILES string of the molecule is CC1(O)CC(NC(=O)OC(C)(C)C)(c2ccc(-c3cnc(N)cc3-c3ccccc3F)cc2)C1. The number of carbonyl (C=O) groups excluding carboxylic acids is 1. The van der Waals surface area contributed by atoms with Gasteiger partial charge in [-0.2, -0.15) is 0 Å². The van der Waals surface area contributed by atoms with Gasteiger partial charge in [-0.3, -0.25) is 0 Å². The molecule has 0 bridgehead atoms. The summed E-state index contributed by atoms with van der Waals surface area (Å²) in [4.78, 5) is 16.7. The molecule has 0 unspecified atom stereocenters. The fraction of sp³-hybridized carbons (Fsp3) is 0.333. The van der Waals surface area contributed by atoms with E-state index in [1.807, 2.05) is 24.3 Å². The highest BCUT2D eigenvalue weighted by atomic mass is 19.1. The lowest BCUT2D eigenvalue weighted by atomic mass is 9.62. The molecule has 1 saturated carbocycles. The number of hydrogen-bond donors (Lipinski definition) is 3. The van der Waals surface area contributed by atoms with Gasteiger partial charge in [0.15, 0.2) is 0 Å². The van der Waals surface area contributed by atoms with Crippen molar-refractivity contribution < 1.29 is 19.0 Å². The number of nitrogens with zero attached hydrogens (tertiary/aromatic N) is 1. The number of amides is 1. The van der Waals surface area contributed by atoms with Gasteiger partial charge < -0.3 is 20.9 Å². The third-order valence-corrected chi connectivity index (χ3v) is 5.94. The van der Waals surface area contributed by atoms with Gasteiger partial charge in [-0.05, 0) is 56.5 Å². The van der Waals surface area contributed by atoms with Crippen LogP contribution in [0.15, 0.2) is 60.8 Å². The molecule has 7 heteroatoms. The third-order valence-electron chi connectivity index (χ3n) is 5.94. The molecule has 4 N–H and O–H groups in total. The highest BCUT2D eigenvalue weighted by Gasteiger charge is 2.53. The summed E-state index contributed by atoms with van der Waals surface area (Å²) >= 11 is 0. The molecule has 178 valence electrons. The zero-order chi connectivity index (χ0) is 24.7. The number of rotatable bonds is 4. The van der Waals surface area contributed by atoms with Crippen LogP contribution in [0.2, 0.25) is 0 Å². The second kappa shape index (κ2) is 8.40. The number of nitrogens with two attached hydrogens (primary N) is 1. The van der Waals surface area contributed by atoms with Crippen LogP contribution in [0.3, 0.4) is 0 Å². The number of anilines is 1. The number of nitrogen functional groups attached to an aromatic ring is 1. The van der Waals surface area contributed by atoms with E-state index in [9.17, 15) is 14.3 Å². The van der Waals surface area contributed by atoms with Crippen molar-refractivity contribution in [1.29, 1.82) is 0 Å². The number of halogens is 1. The molecule has 0 atom stereocenters. The average molecular weight is 464 g/mol. The third kappa shape index (κ3) is 4.89. The van der Waals surface area contributed by atoms with Crippen LogP contribution in [0.4, 0.5) is 15.0 Å². The molecule has 0 radical (unpaired) electrons. The Bertz CT molecular complexity index is 1210. The number of aromatic nitrogens is 1. The summed E-state index contributed by atoms with van der Waals surface area (Å²) in [6.45, 7) is 7.16. The van der Waals surface area contributed by atoms with Crippen LogP contribution in [0, 0.1) is 5.82 Å². The summed E-state index contributed by atoms with van der Waals surface area (Å²) in [7, 11) is 0. The van der Waals surface area contributed by atoms with Gasteiger partial charge in [0.25, 0.3) is 0 Å². The quantitative estimate of drug-likeness (QED) is 0.481. The Balaban J connectivity index is 1.68. The normalized spacial score (nSPS) is 22.1. The van der Waals surface area contributed by atoms with E-state index < -0.39 is 22.8 Å². The molecule has 0 spiro atoms. The summed E-state index contributed by atoms with van der Waals surface area (Å²) in [6, 6.07) is 15.8. The highest BCUT2D eigenvalue weighted by Crippen LogP contribution is 2.48. The first-order valence-electron chi connectivity index (χ1n) is 11.2. The molecule has 34 heavy (non-hydrogen) atoms. The van der Waals surface area contributed by atoms with Gasteiger partial charge in [-0.15, -0.1) is 0 Å². The van der Waals surface area contributed by atoms with Crippen LogP contribution in [0.1, 0.15) is 46.1 Å². The van der Waals surface area contributed by atoms with Crippen LogP contribution in [-0.4, -0.2) is 27.4 Å². The molecule has 4 rings (SSSR count). The maximum absolute atomic E-state index is 14.6. The van der Waals surface area contributed by atoms with Crippen molar-refractivity contribution >= 4 is 11.9 Å². The summed E-state index contributed by atoms with van der Waals surface area (Å²) in [5.74, 6) is -0.0426. The smallest absolute Gasteiger partial charge is 0.408 e. The van der Waals surface area contributed by atoms with Crippen LogP contribution in [0.25, 0.3) is 22.3 Å². The summed E-state index contributed by atoms with van der Waals surface area (Å²) in [6.07, 6.45) is 1.83. The zero-order valence-corrected chi connectivity index (χ0v) is 19.9. The molecule has 1 aliphatic carbocycles. The van der Waals surface area contributed by atoms with Crippen molar-refractivity contribution in [2.24, 2.45) is 0 Å². The van der Waals surface area contributed by atoms with E-state index >= 15 is 0 Å². The molecule has 6 nitrogen and oxygen atoms in total. The van der Waals surface area contributed by atoms with E-state index in [2.05, 4.69) is 10.3 Å². The van der Waals surface area contributed by atoms with Gasteiger partial charge in [0.2, 0.25) is 0 Å². The summed E-state index contributed by atoms with van der Waals surface area (Å²) < 4.78 is 20.0. The Morgan fingerprint density at radius 2 is 1.74 bits per heavy atom. The Hall–Kier alpha value is -3.45. The van der Waals surface area contributed by atoms with Gasteiger partial charge in [-0.1, -0.05) is 42.5 Å². The first kappa shape index (κ1) is 23.7. The molecular weight excluding hydrogens is 433 g/mol. The predicted octanol–water partition coefficient (Wildman–Crippen LogP) is 5.40. The first-order chi connectivity index (χ1) is 15.9. The van der Waals surface area contributed by atoms with Crippen molar-refractivity contribution in [3.8, 4) is 22.3 Å². The largest absolute Gasteiger partial charge is 0.444 e. The lowest BCUT2D eigenvalue weighted by molar-refractivity contribution is -0.0892. The average Bonchev–Trinajstić information content (AvgIpc) is 2.71. The number of pyridine rings is 1. The lowest BCUT2D eigenvalue weighted by Gasteiger charge is -2.52. The van der Waals surface area contributed by atoms with Crippen molar-refractivity contribution in [2.75, 3.05) is 5.73 Å². The summed E-state index contributed by atoms with van der Waals surface area (Å²) in [5.41, 5.74) is 7.15. The fourth-order valence-corrected chi connectivity index (χ4v) is 4.68. The molecule has 0 aliphatic heterocycles. The molecule has 1 fully saturated rings. The molecule has 0 saturated heterocycles. The molecule has 1 aromatic heterocycles. The van der Waals surface area contributed by atoms with E-state index in [1.165, 1.54) is 6.07 Å². The van der Waals surface area contributed by atoms with Crippen molar-refractivity contribution in [3.63, 3.8) is 0 Å². The maximum Gasteiger partial charge on any atom is 0.408 e. The van der Waals surface area contributed by atoms with Crippen molar-refractivity contribution in [3.05, 3.63) is 72.2 Å². The van der Waals surface area contributed by atoms with E-state index in [0.717, 1.165) is 16.7 Å². The monoisotopic (exact) mass is 463 g/mol. The van der Waals surface area contributed by atoms with Crippen LogP contribution in [0.5, 0.6) is 0 Å². The number of carbonyl (C=O) groups is 1. The number of hydrogen-bond acceptors (Lipinski definition) is 5. The number of nitrogens with one attached hydrogen (secondary N) is 1. The first-order valence-corrected chi connectivity index (χ1v) is 11.2. The van der Waals surface area contributed by atoms with Gasteiger partial charge in [0.05, 0.1) is 11.1 Å². The van der Waals surface area contributed by atoms with E-state index in [4.69, 9.17) is 10.5 Å². The standard InChI is InChI=1S/C27H30FN3O3/c1-25(2,3)34-24(32)31-27(15-26(4,33)16-27)18-11-9-17(10-12-18)21-14-30-23(29)13-20(21)19-7-5-6-8-22(19)28/h5-14,33H,15-16H2,1-4H3,(H2,29,30)(H,31,32). The minimum atomic E-state index is -0.882. The molecule has 2 aromatic carbocycles. The van der Waals surface area contributed by atoms with Gasteiger partial charge in [0.1, 0.15) is 17.2 Å². The number of ether oxygens (including phenoxy) is 1. The topological polar surface area (TPSA) is 97.5 Å². The molecular formula is C27H30FN3O3. The van der Waals surface area contributed by atoms with Crippen molar-refractivity contribution in [2.45, 2.75) is 57.3 Å². The van der Waals surface area contributed by atoms with Crippen molar-refractivity contribution in [1.82, 2.24) is 10.3 Å². The Morgan fingerprint density at radius 1 is 1.09 bits per heavy atom. The summed E-state index contributed by atoms with van der Waals surface area (Å²) in [5, 5.41) is 13.4. The Labute approximate surface area is 199 Å². The predicted molar refractivity (Wildman–Crippen MR) is 130 cm³/mol. The van der Waals surface area contributed by atoms with E-state index in [0.29, 0.717) is 29.8 Å². The van der Waals surface area contributed by atoms with Crippen LogP contribution in [-0.2, 0) is 10.3 Å². The molecule has 3 aromatic rings. The second-order valence-corrected chi connectivity index (χ2v) is 10.3. The van der Waals surface area contributed by atoms with Gasteiger partial charge in [-0.25, -0.2) is 14.2 Å². The lowest BCUT2D eigenvalue weighted by Crippen LogP contribution is -2.62. The van der Waals surface area contributed by atoms with Crippen LogP contribution < -0.4 is 11.1 Å². The van der Waals surface area contributed by atoms with Gasteiger partial charge in [0, 0.05) is 30.2 Å². The minimum Gasteiger partial charge on any atom is -0.444 e. The number of alkyl carbamates (subject to hydrolysis) is 1. The van der Waals surface area contributed by atoms with E-state index in [-0.39, 0.29) is 5.82 Å². The van der Waals surface area contributed by atoms with Crippen LogP contribution >= 0.6 is 0 Å². The number of benzene rings is 2. The molecule has 1 heterocycles. The molecule has 1 amide bonds. The second-order valence-electron chi connectivity index (χ2n) is 10.3. The fourth-order valence-electron chi connectivity index (χ4n) is 4.68. The molecule has 1 aliphatic rings. The minimum absolute atomic E-state index is 0.302. The Morgan fingerprint density at radius 3 is 2.32 bits per heavy atom. The number of aliphatic hydroxyl groups is 1. The van der Waals surface area contributed by atoms with E-state index in [1.54, 1.807) is 58.2 Å². The Kier molecular flexibility index (Phi) is 5.85. The zero-order valence-electron chi connectivity index (χ0n) is 19.9. The van der Waals surface area contributed by atoms with Gasteiger partial charge >= 0.3 is 6.09 Å². The highest BCUT2D eigenvalue weighted by molar-refractivity contribution is 5.84.